The van der Waals surface area contributed by atoms with E-state index in [2.05, 4.69) is 48.5 Å². The lowest BCUT2D eigenvalue weighted by molar-refractivity contribution is -0.161. The van der Waals surface area contributed by atoms with Crippen LogP contribution in [0.15, 0.2) is 0 Å². The van der Waals surface area contributed by atoms with Crippen molar-refractivity contribution in [2.24, 2.45) is 17.8 Å². The zero-order valence-corrected chi connectivity index (χ0v) is 60.4. The second-order valence-electron chi connectivity index (χ2n) is 27.1. The van der Waals surface area contributed by atoms with Crippen molar-refractivity contribution in [1.82, 2.24) is 0 Å². The van der Waals surface area contributed by atoms with Crippen molar-refractivity contribution in [3.63, 3.8) is 0 Å². The first-order valence-electron chi connectivity index (χ1n) is 36.8. The summed E-state index contributed by atoms with van der Waals surface area (Å²) in [6.45, 7) is 11.8. The van der Waals surface area contributed by atoms with E-state index in [9.17, 15) is 43.2 Å². The highest BCUT2D eigenvalue weighted by atomic mass is 31.2. The van der Waals surface area contributed by atoms with Crippen LogP contribution >= 0.6 is 15.6 Å². The van der Waals surface area contributed by atoms with Crippen LogP contribution in [-0.2, 0) is 65.4 Å². The molecule has 0 rings (SSSR count). The molecule has 2 unspecified atom stereocenters. The zero-order chi connectivity index (χ0) is 66.6. The lowest BCUT2D eigenvalue weighted by atomic mass is 10.0. The number of phosphoric acid groups is 2. The number of unbranched alkanes of at least 4 members (excludes halogenated alkanes) is 37. The minimum absolute atomic E-state index is 0.104. The van der Waals surface area contributed by atoms with E-state index in [1.165, 1.54) is 167 Å². The van der Waals surface area contributed by atoms with E-state index in [4.69, 9.17) is 37.0 Å². The summed E-state index contributed by atoms with van der Waals surface area (Å²) in [5, 5.41) is 10.6. The molecule has 534 valence electrons. The Balaban J connectivity index is 5.22. The summed E-state index contributed by atoms with van der Waals surface area (Å²) in [5.74, 6) is 0.137. The van der Waals surface area contributed by atoms with Crippen molar-refractivity contribution in [2.75, 3.05) is 39.6 Å². The van der Waals surface area contributed by atoms with Gasteiger partial charge in [-0.25, -0.2) is 9.13 Å². The molecule has 0 amide bonds. The molecule has 17 nitrogen and oxygen atoms in total. The number of esters is 4. The predicted octanol–water partition coefficient (Wildman–Crippen LogP) is 20.2. The fourth-order valence-electron chi connectivity index (χ4n) is 10.7. The number of aliphatic hydroxyl groups is 1. The van der Waals surface area contributed by atoms with Gasteiger partial charge in [-0.15, -0.1) is 0 Å². The summed E-state index contributed by atoms with van der Waals surface area (Å²) in [6.07, 6.45) is 45.9. The average Bonchev–Trinajstić information content (AvgIpc) is 3.71. The zero-order valence-electron chi connectivity index (χ0n) is 58.6. The van der Waals surface area contributed by atoms with E-state index >= 15 is 0 Å². The molecule has 0 saturated carbocycles. The monoisotopic (exact) mass is 1320 g/mol. The normalized spacial score (nSPS) is 14.2. The molecule has 0 aromatic heterocycles. The minimum atomic E-state index is -4.95. The van der Waals surface area contributed by atoms with Crippen molar-refractivity contribution in [3.05, 3.63) is 0 Å². The molecule has 3 N–H and O–H groups in total. The molecule has 0 aromatic carbocycles. The molecule has 90 heavy (non-hydrogen) atoms. The van der Waals surface area contributed by atoms with Crippen molar-refractivity contribution in [1.29, 1.82) is 0 Å². The van der Waals surface area contributed by atoms with Gasteiger partial charge in [0.2, 0.25) is 0 Å². The van der Waals surface area contributed by atoms with E-state index in [1.54, 1.807) is 0 Å². The molecular weight excluding hydrogens is 1190 g/mol. The highest BCUT2D eigenvalue weighted by Gasteiger charge is 2.30. The third-order valence-electron chi connectivity index (χ3n) is 16.4. The Morgan fingerprint density at radius 3 is 0.756 bits per heavy atom. The number of aliphatic hydroxyl groups excluding tert-OH is 1. The van der Waals surface area contributed by atoms with Crippen LogP contribution in [0.3, 0.4) is 0 Å². The quantitative estimate of drug-likeness (QED) is 0.0222. The van der Waals surface area contributed by atoms with E-state index in [1.807, 2.05) is 0 Å². The van der Waals surface area contributed by atoms with Crippen LogP contribution in [0.4, 0.5) is 0 Å². The highest BCUT2D eigenvalue weighted by molar-refractivity contribution is 7.47. The van der Waals surface area contributed by atoms with E-state index in [-0.39, 0.29) is 25.7 Å². The maximum absolute atomic E-state index is 13.0. The topological polar surface area (TPSA) is 237 Å². The van der Waals surface area contributed by atoms with Crippen LogP contribution in [0.1, 0.15) is 357 Å². The first-order chi connectivity index (χ1) is 43.2. The Morgan fingerprint density at radius 1 is 0.300 bits per heavy atom. The largest absolute Gasteiger partial charge is 0.472 e. The van der Waals surface area contributed by atoms with E-state index < -0.39 is 97.5 Å². The lowest BCUT2D eigenvalue weighted by Gasteiger charge is -2.21. The predicted molar refractivity (Wildman–Crippen MR) is 363 cm³/mol. The standard InChI is InChI=1S/C71H138O17P2/c1-8-9-10-11-12-21-31-38-45-52-68(73)81-58-67(88-71(76)55-48-41-34-27-26-30-37-44-51-64(6)7)61-86-90(79,80)84-57-65(72)56-83-89(77,78)85-60-66(59-82-69(74)53-46-39-32-25-20-23-29-36-43-50-63(4)5)87-70(75)54-47-40-33-24-19-17-15-13-14-16-18-22-28-35-42-49-62(2)3/h62-67,72H,8-61H2,1-7H3,(H,77,78)(H,79,80)/t65-,66-,67-/m1/s1. The summed E-state index contributed by atoms with van der Waals surface area (Å²) < 4.78 is 68.3. The molecule has 0 saturated heterocycles. The van der Waals surface area contributed by atoms with Crippen molar-refractivity contribution in [3.8, 4) is 0 Å². The van der Waals surface area contributed by atoms with Gasteiger partial charge >= 0.3 is 39.5 Å². The second kappa shape index (κ2) is 61.9. The van der Waals surface area contributed by atoms with Gasteiger partial charge < -0.3 is 33.8 Å². The maximum Gasteiger partial charge on any atom is 0.472 e. The first-order valence-corrected chi connectivity index (χ1v) is 39.8. The van der Waals surface area contributed by atoms with Crippen LogP contribution < -0.4 is 0 Å². The number of hydrogen-bond acceptors (Lipinski definition) is 15. The fraction of sp³-hybridized carbons (Fsp3) is 0.944. The SMILES string of the molecule is CCCCCCCCCCCC(=O)OC[C@H](COP(=O)(O)OC[C@H](O)COP(=O)(O)OC[C@@H](COC(=O)CCCCCCCCCCCC(C)C)OC(=O)CCCCCCCCCCCCCCCCCC(C)C)OC(=O)CCCCCCCCCCC(C)C. The number of rotatable bonds is 69. The Kier molecular flexibility index (Phi) is 60.6. The number of phosphoric ester groups is 2. The third kappa shape index (κ3) is 64.8. The molecule has 0 radical (unpaired) electrons. The lowest BCUT2D eigenvalue weighted by Crippen LogP contribution is -2.30. The van der Waals surface area contributed by atoms with Gasteiger partial charge in [0, 0.05) is 25.7 Å². The minimum Gasteiger partial charge on any atom is -0.462 e. The summed E-state index contributed by atoms with van der Waals surface area (Å²) in [4.78, 5) is 72.5. The van der Waals surface area contributed by atoms with Crippen molar-refractivity contribution < 1.29 is 80.2 Å². The number of ether oxygens (including phenoxy) is 4. The molecule has 0 heterocycles. The molecule has 0 aliphatic rings. The fourth-order valence-corrected chi connectivity index (χ4v) is 12.3. The van der Waals surface area contributed by atoms with Gasteiger partial charge in [0.25, 0.3) is 0 Å². The maximum atomic E-state index is 13.0. The number of carbonyl (C=O) groups excluding carboxylic acids is 4. The van der Waals surface area contributed by atoms with Gasteiger partial charge in [-0.1, -0.05) is 305 Å². The third-order valence-corrected chi connectivity index (χ3v) is 18.3. The van der Waals surface area contributed by atoms with Crippen molar-refractivity contribution >= 4 is 39.5 Å². The van der Waals surface area contributed by atoms with E-state index in [0.717, 1.165) is 108 Å². The van der Waals surface area contributed by atoms with Crippen LogP contribution in [0.2, 0.25) is 0 Å². The highest BCUT2D eigenvalue weighted by Crippen LogP contribution is 2.45. The molecule has 0 aliphatic carbocycles. The second-order valence-corrected chi connectivity index (χ2v) is 30.0. The Hall–Kier alpha value is -1.94. The Morgan fingerprint density at radius 2 is 0.511 bits per heavy atom. The van der Waals surface area contributed by atoms with Crippen LogP contribution in [0.5, 0.6) is 0 Å². The molecular formula is C71H138O17P2. The van der Waals surface area contributed by atoms with Gasteiger partial charge in [-0.3, -0.25) is 37.3 Å². The number of carbonyl (C=O) groups is 4. The van der Waals surface area contributed by atoms with Gasteiger partial charge in [0.05, 0.1) is 26.4 Å². The van der Waals surface area contributed by atoms with Gasteiger partial charge in [0.15, 0.2) is 12.2 Å². The van der Waals surface area contributed by atoms with Crippen LogP contribution in [-0.4, -0.2) is 96.7 Å². The number of hydrogen-bond donors (Lipinski definition) is 3. The molecule has 0 spiro atoms. The van der Waals surface area contributed by atoms with E-state index in [0.29, 0.717) is 25.7 Å². The molecule has 0 fully saturated rings. The molecule has 19 heteroatoms. The van der Waals surface area contributed by atoms with Crippen LogP contribution in [0.25, 0.3) is 0 Å². The molecule has 5 atom stereocenters. The molecule has 0 aromatic rings. The van der Waals surface area contributed by atoms with Crippen molar-refractivity contribution in [2.45, 2.75) is 375 Å². The van der Waals surface area contributed by atoms with Crippen LogP contribution in [0, 0.1) is 17.8 Å². The average molecular weight is 1330 g/mol. The summed E-state index contributed by atoms with van der Waals surface area (Å²) in [6, 6.07) is 0. The summed E-state index contributed by atoms with van der Waals surface area (Å²) in [7, 11) is -9.90. The summed E-state index contributed by atoms with van der Waals surface area (Å²) >= 11 is 0. The molecule has 0 bridgehead atoms. The molecule has 0 aliphatic heterocycles. The Bertz CT molecular complexity index is 1770. The van der Waals surface area contributed by atoms with Gasteiger partial charge in [-0.2, -0.15) is 0 Å². The Labute approximate surface area is 549 Å². The summed E-state index contributed by atoms with van der Waals surface area (Å²) in [5.41, 5.74) is 0. The van der Waals surface area contributed by atoms with Gasteiger partial charge in [-0.05, 0) is 43.4 Å². The smallest absolute Gasteiger partial charge is 0.462 e. The van der Waals surface area contributed by atoms with Gasteiger partial charge in [0.1, 0.15) is 19.3 Å². The first kappa shape index (κ1) is 88.1.